The second-order valence-electron chi connectivity index (χ2n) is 2.28. The number of hydrogen-bond acceptors (Lipinski definition) is 2. The first-order chi connectivity index (χ1) is 5.65. The van der Waals surface area contributed by atoms with Crippen molar-refractivity contribution in [1.82, 2.24) is 0 Å². The van der Waals surface area contributed by atoms with Crippen LogP contribution < -0.4 is 5.73 Å². The predicted octanol–water partition coefficient (Wildman–Crippen LogP) is 2.63. The topological polar surface area (TPSA) is 49.8 Å². The fourth-order valence-corrected chi connectivity index (χ4v) is 1.22. The van der Waals surface area contributed by atoms with Crippen LogP contribution in [0, 0.1) is 11.3 Å². The minimum Gasteiger partial charge on any atom is -0.312 e. The number of nitrogens with zero attached hydrogens (tertiary/aromatic N) is 1. The summed E-state index contributed by atoms with van der Waals surface area (Å²) in [6.07, 6.45) is 0. The molecule has 2 N–H and O–H groups in total. The number of benzene rings is 1. The molecule has 1 aromatic rings. The van der Waals surface area contributed by atoms with Crippen molar-refractivity contribution < 1.29 is 0 Å². The molecule has 0 aliphatic rings. The predicted molar refractivity (Wildman–Crippen MR) is 51.7 cm³/mol. The number of rotatable bonds is 1. The quantitative estimate of drug-likeness (QED) is 0.827. The third-order valence-electron chi connectivity index (χ3n) is 1.44. The van der Waals surface area contributed by atoms with E-state index in [-0.39, 0.29) is 0 Å². The third-order valence-corrected chi connectivity index (χ3v) is 2.67. The molecule has 0 spiro atoms. The maximum Gasteiger partial charge on any atom is 0.118 e. The summed E-state index contributed by atoms with van der Waals surface area (Å²) in [6.45, 7) is 0. The molecular weight excluding hydrogens is 239 g/mol. The van der Waals surface area contributed by atoms with Gasteiger partial charge in [0.15, 0.2) is 0 Å². The fourth-order valence-electron chi connectivity index (χ4n) is 0.780. The Bertz CT molecular complexity index is 332. The molecule has 1 atom stereocenters. The van der Waals surface area contributed by atoms with Gasteiger partial charge >= 0.3 is 0 Å². The summed E-state index contributed by atoms with van der Waals surface area (Å²) in [7, 11) is 0. The van der Waals surface area contributed by atoms with Crippen LogP contribution in [0.5, 0.6) is 0 Å². The van der Waals surface area contributed by atoms with Crippen molar-refractivity contribution in [3.63, 3.8) is 0 Å². The average molecular weight is 246 g/mol. The molecule has 0 saturated carbocycles. The van der Waals surface area contributed by atoms with Crippen molar-refractivity contribution in [3.8, 4) is 6.07 Å². The van der Waals surface area contributed by atoms with E-state index >= 15 is 0 Å². The summed E-state index contributed by atoms with van der Waals surface area (Å²) in [4.78, 5) is 0. The van der Waals surface area contributed by atoms with E-state index in [4.69, 9.17) is 22.6 Å². The van der Waals surface area contributed by atoms with Gasteiger partial charge in [-0.15, -0.1) is 0 Å². The summed E-state index contributed by atoms with van der Waals surface area (Å²) < 4.78 is 0.804. The third kappa shape index (κ3) is 1.98. The second kappa shape index (κ2) is 3.90. The number of halogens is 2. The molecule has 1 unspecified atom stereocenters. The van der Waals surface area contributed by atoms with Crippen molar-refractivity contribution in [2.24, 2.45) is 5.73 Å². The normalized spacial score (nSPS) is 12.2. The summed E-state index contributed by atoms with van der Waals surface area (Å²) in [6, 6.07) is 6.55. The summed E-state index contributed by atoms with van der Waals surface area (Å²) in [5, 5.41) is 9.09. The van der Waals surface area contributed by atoms with Crippen LogP contribution in [0.2, 0.25) is 5.02 Å². The molecule has 1 rings (SSSR count). The minimum atomic E-state index is -0.601. The molecule has 0 aromatic heterocycles. The zero-order valence-corrected chi connectivity index (χ0v) is 8.43. The van der Waals surface area contributed by atoms with E-state index in [2.05, 4.69) is 15.9 Å². The standard InChI is InChI=1S/C8H6BrClN2/c9-6-2-1-5(3-7(6)10)8(12)4-11/h1-3,8H,12H2. The molecule has 62 valence electrons. The Morgan fingerprint density at radius 1 is 1.58 bits per heavy atom. The van der Waals surface area contributed by atoms with Crippen LogP contribution in [0.3, 0.4) is 0 Å². The highest BCUT2D eigenvalue weighted by atomic mass is 79.9. The molecule has 12 heavy (non-hydrogen) atoms. The van der Waals surface area contributed by atoms with Crippen LogP contribution in [-0.4, -0.2) is 0 Å². The number of hydrogen-bond donors (Lipinski definition) is 1. The monoisotopic (exact) mass is 244 g/mol. The molecule has 0 amide bonds. The van der Waals surface area contributed by atoms with E-state index in [0.717, 1.165) is 10.0 Å². The van der Waals surface area contributed by atoms with E-state index < -0.39 is 6.04 Å². The van der Waals surface area contributed by atoms with Gasteiger partial charge in [-0.05, 0) is 33.6 Å². The van der Waals surface area contributed by atoms with Crippen LogP contribution in [0.25, 0.3) is 0 Å². The molecule has 0 aliphatic heterocycles. The van der Waals surface area contributed by atoms with Crippen LogP contribution in [-0.2, 0) is 0 Å². The zero-order chi connectivity index (χ0) is 9.14. The van der Waals surface area contributed by atoms with Gasteiger partial charge < -0.3 is 5.73 Å². The van der Waals surface area contributed by atoms with Crippen molar-refractivity contribution in [2.45, 2.75) is 6.04 Å². The van der Waals surface area contributed by atoms with Crippen molar-refractivity contribution in [2.75, 3.05) is 0 Å². The molecule has 0 radical (unpaired) electrons. The molecule has 0 aliphatic carbocycles. The first-order valence-corrected chi connectivity index (χ1v) is 4.42. The lowest BCUT2D eigenvalue weighted by Gasteiger charge is -2.03. The van der Waals surface area contributed by atoms with Crippen LogP contribution in [0.1, 0.15) is 11.6 Å². The number of nitrogens with two attached hydrogens (primary N) is 1. The lowest BCUT2D eigenvalue weighted by Crippen LogP contribution is -2.06. The molecule has 0 fully saturated rings. The van der Waals surface area contributed by atoms with E-state index in [1.165, 1.54) is 0 Å². The maximum atomic E-state index is 8.52. The van der Waals surface area contributed by atoms with Gasteiger partial charge in [0, 0.05) is 4.47 Å². The molecule has 0 heterocycles. The summed E-state index contributed by atoms with van der Waals surface area (Å²) in [5.41, 5.74) is 6.21. The average Bonchev–Trinajstić information content (AvgIpc) is 2.08. The number of nitriles is 1. The maximum absolute atomic E-state index is 8.52. The Morgan fingerprint density at radius 3 is 2.75 bits per heavy atom. The van der Waals surface area contributed by atoms with Crippen LogP contribution in [0.15, 0.2) is 22.7 Å². The lowest BCUT2D eigenvalue weighted by molar-refractivity contribution is 0.926. The largest absolute Gasteiger partial charge is 0.312 e. The SMILES string of the molecule is N#CC(N)c1ccc(Br)c(Cl)c1. The second-order valence-corrected chi connectivity index (χ2v) is 3.54. The Morgan fingerprint density at radius 2 is 2.25 bits per heavy atom. The smallest absolute Gasteiger partial charge is 0.118 e. The van der Waals surface area contributed by atoms with E-state index in [9.17, 15) is 0 Å². The van der Waals surface area contributed by atoms with Crippen molar-refractivity contribution in [3.05, 3.63) is 33.3 Å². The summed E-state index contributed by atoms with van der Waals surface area (Å²) in [5.74, 6) is 0. The summed E-state index contributed by atoms with van der Waals surface area (Å²) >= 11 is 9.05. The fraction of sp³-hybridized carbons (Fsp3) is 0.125. The van der Waals surface area contributed by atoms with Gasteiger partial charge in [0.1, 0.15) is 6.04 Å². The van der Waals surface area contributed by atoms with Crippen LogP contribution in [0.4, 0.5) is 0 Å². The van der Waals surface area contributed by atoms with Gasteiger partial charge in [-0.1, -0.05) is 17.7 Å². The highest BCUT2D eigenvalue weighted by Gasteiger charge is 2.05. The molecule has 0 saturated heterocycles. The van der Waals surface area contributed by atoms with Gasteiger partial charge in [-0.2, -0.15) is 5.26 Å². The first-order valence-electron chi connectivity index (χ1n) is 3.25. The van der Waals surface area contributed by atoms with Gasteiger partial charge in [0.25, 0.3) is 0 Å². The van der Waals surface area contributed by atoms with Crippen molar-refractivity contribution >= 4 is 27.5 Å². The van der Waals surface area contributed by atoms with Gasteiger partial charge in [-0.3, -0.25) is 0 Å². The van der Waals surface area contributed by atoms with E-state index in [1.54, 1.807) is 18.2 Å². The Hall–Kier alpha value is -0.560. The Kier molecular flexibility index (Phi) is 3.10. The molecule has 2 nitrogen and oxygen atoms in total. The first kappa shape index (κ1) is 9.53. The Balaban J connectivity index is 3.06. The van der Waals surface area contributed by atoms with Gasteiger partial charge in [0.2, 0.25) is 0 Å². The van der Waals surface area contributed by atoms with Gasteiger partial charge in [-0.25, -0.2) is 0 Å². The van der Waals surface area contributed by atoms with E-state index in [1.807, 2.05) is 6.07 Å². The zero-order valence-electron chi connectivity index (χ0n) is 6.09. The molecule has 1 aromatic carbocycles. The lowest BCUT2D eigenvalue weighted by atomic mass is 10.1. The highest BCUT2D eigenvalue weighted by molar-refractivity contribution is 9.10. The van der Waals surface area contributed by atoms with Crippen LogP contribution >= 0.6 is 27.5 Å². The minimum absolute atomic E-state index is 0.568. The Labute approximate surface area is 84.1 Å². The molecule has 0 bridgehead atoms. The van der Waals surface area contributed by atoms with E-state index in [0.29, 0.717) is 5.02 Å². The van der Waals surface area contributed by atoms with Gasteiger partial charge in [0.05, 0.1) is 11.1 Å². The molecular formula is C8H6BrClN2. The highest BCUT2D eigenvalue weighted by Crippen LogP contribution is 2.24. The van der Waals surface area contributed by atoms with Crippen molar-refractivity contribution in [1.29, 1.82) is 5.26 Å². The molecule has 4 heteroatoms.